The summed E-state index contributed by atoms with van der Waals surface area (Å²) in [5.74, 6) is -0.578. The highest BCUT2D eigenvalue weighted by atomic mass is 16.2. The molecule has 0 saturated carbocycles. The molecule has 2 aliphatic heterocycles. The topological polar surface area (TPSA) is 57.7 Å². The molecule has 5 nitrogen and oxygen atoms in total. The van der Waals surface area contributed by atoms with Crippen molar-refractivity contribution < 1.29 is 14.4 Å². The van der Waals surface area contributed by atoms with Crippen LogP contribution in [-0.2, 0) is 20.9 Å². The molecule has 1 aromatic rings. The van der Waals surface area contributed by atoms with Gasteiger partial charge in [0.05, 0.1) is 0 Å². The summed E-state index contributed by atoms with van der Waals surface area (Å²) in [6, 6.07) is 9.53. The lowest BCUT2D eigenvalue weighted by Crippen LogP contribution is -2.68. The molecule has 21 heavy (non-hydrogen) atoms. The second-order valence-electron chi connectivity index (χ2n) is 5.71. The minimum absolute atomic E-state index is 0.0583. The Morgan fingerprint density at radius 3 is 2.62 bits per heavy atom. The third kappa shape index (κ3) is 2.04. The van der Waals surface area contributed by atoms with E-state index >= 15 is 0 Å². The molecule has 2 amide bonds. The number of amides is 2. The zero-order chi connectivity index (χ0) is 15.0. The van der Waals surface area contributed by atoms with E-state index in [0.29, 0.717) is 25.9 Å². The van der Waals surface area contributed by atoms with Gasteiger partial charge in [0, 0.05) is 13.1 Å². The van der Waals surface area contributed by atoms with Gasteiger partial charge in [-0.15, -0.1) is 0 Å². The molecule has 2 heterocycles. The minimum Gasteiger partial charge on any atom is -0.327 e. The molecular weight excluding hydrogens is 268 g/mol. The van der Waals surface area contributed by atoms with Gasteiger partial charge in [-0.3, -0.25) is 14.4 Å². The molecule has 1 unspecified atom stereocenters. The Morgan fingerprint density at radius 2 is 1.95 bits per heavy atom. The second kappa shape index (κ2) is 4.98. The maximum atomic E-state index is 12.8. The number of carbonyl (C=O) groups excluding carboxylic acids is 3. The van der Waals surface area contributed by atoms with Crippen LogP contribution in [0.15, 0.2) is 30.3 Å². The molecular formula is C16H18N2O3. The predicted molar refractivity (Wildman–Crippen MR) is 76.2 cm³/mol. The van der Waals surface area contributed by atoms with E-state index in [4.69, 9.17) is 0 Å². The van der Waals surface area contributed by atoms with Gasteiger partial charge in [-0.05, 0) is 25.3 Å². The second-order valence-corrected chi connectivity index (χ2v) is 5.71. The molecule has 5 heteroatoms. The van der Waals surface area contributed by atoms with Gasteiger partial charge in [-0.25, -0.2) is 0 Å². The average Bonchev–Trinajstić information content (AvgIpc) is 2.92. The minimum atomic E-state index is -1.25. The molecule has 0 aliphatic carbocycles. The van der Waals surface area contributed by atoms with E-state index in [-0.39, 0.29) is 24.1 Å². The van der Waals surface area contributed by atoms with Gasteiger partial charge < -0.3 is 9.80 Å². The molecule has 2 aliphatic rings. The Balaban J connectivity index is 1.92. The van der Waals surface area contributed by atoms with Gasteiger partial charge >= 0.3 is 0 Å². The fourth-order valence-electron chi connectivity index (χ4n) is 3.41. The summed E-state index contributed by atoms with van der Waals surface area (Å²) in [6.45, 7) is 2.34. The Bertz CT molecular complexity index is 599. The highest BCUT2D eigenvalue weighted by molar-refractivity contribution is 6.15. The largest absolute Gasteiger partial charge is 0.327 e. The van der Waals surface area contributed by atoms with Crippen molar-refractivity contribution in [2.24, 2.45) is 0 Å². The third-order valence-electron chi connectivity index (χ3n) is 4.45. The molecule has 2 fully saturated rings. The molecule has 2 saturated heterocycles. The zero-order valence-corrected chi connectivity index (χ0v) is 12.0. The highest BCUT2D eigenvalue weighted by Crippen LogP contribution is 2.35. The summed E-state index contributed by atoms with van der Waals surface area (Å²) < 4.78 is 0. The summed E-state index contributed by atoms with van der Waals surface area (Å²) in [4.78, 5) is 40.3. The van der Waals surface area contributed by atoms with Gasteiger partial charge in [-0.1, -0.05) is 30.3 Å². The maximum absolute atomic E-state index is 12.8. The number of ketones is 1. The molecule has 1 aromatic carbocycles. The van der Waals surface area contributed by atoms with Gasteiger partial charge in [0.2, 0.25) is 5.91 Å². The molecule has 3 rings (SSSR count). The van der Waals surface area contributed by atoms with Gasteiger partial charge in [0.25, 0.3) is 5.91 Å². The van der Waals surface area contributed by atoms with Crippen LogP contribution in [0.1, 0.15) is 25.3 Å². The van der Waals surface area contributed by atoms with Crippen LogP contribution in [-0.4, -0.2) is 46.0 Å². The van der Waals surface area contributed by atoms with Crippen LogP contribution < -0.4 is 0 Å². The Labute approximate surface area is 123 Å². The molecule has 0 aromatic heterocycles. The van der Waals surface area contributed by atoms with Gasteiger partial charge in [-0.2, -0.15) is 0 Å². The van der Waals surface area contributed by atoms with Crippen LogP contribution >= 0.6 is 0 Å². The first-order valence-corrected chi connectivity index (χ1v) is 7.20. The number of piperazine rings is 1. The van der Waals surface area contributed by atoms with Crippen molar-refractivity contribution in [3.8, 4) is 0 Å². The van der Waals surface area contributed by atoms with Gasteiger partial charge in [0.15, 0.2) is 11.3 Å². The molecule has 0 spiro atoms. The first kappa shape index (κ1) is 13.8. The summed E-state index contributed by atoms with van der Waals surface area (Å²) >= 11 is 0. The summed E-state index contributed by atoms with van der Waals surface area (Å²) in [5.41, 5.74) is -0.284. The van der Waals surface area contributed by atoms with E-state index in [1.807, 2.05) is 30.3 Å². The number of fused-ring (bicyclic) bond motifs is 1. The van der Waals surface area contributed by atoms with E-state index in [1.165, 1.54) is 16.7 Å². The lowest BCUT2D eigenvalue weighted by atomic mass is 9.87. The van der Waals surface area contributed by atoms with Crippen molar-refractivity contribution in [1.82, 2.24) is 9.80 Å². The number of rotatable bonds is 3. The lowest BCUT2D eigenvalue weighted by molar-refractivity contribution is -0.166. The first-order valence-electron chi connectivity index (χ1n) is 7.20. The van der Waals surface area contributed by atoms with Crippen LogP contribution in [0.5, 0.6) is 0 Å². The standard InChI is InChI=1S/C16H18N2O3/c1-12(19)16-8-5-9-18(16)14(20)11-17(15(16)21)10-13-6-3-2-4-7-13/h2-4,6-7H,5,8-11H2,1H3. The number of Topliss-reactive ketones (excluding diaryl/α,β-unsaturated/α-hetero) is 1. The maximum Gasteiger partial charge on any atom is 0.257 e. The van der Waals surface area contributed by atoms with Crippen LogP contribution in [0, 0.1) is 0 Å². The highest BCUT2D eigenvalue weighted by Gasteiger charge is 2.58. The summed E-state index contributed by atoms with van der Waals surface area (Å²) in [7, 11) is 0. The SMILES string of the molecule is CC(=O)C12CCCN1C(=O)CN(Cc1ccccc1)C2=O. The number of hydrogen-bond acceptors (Lipinski definition) is 3. The lowest BCUT2D eigenvalue weighted by Gasteiger charge is -2.43. The number of benzene rings is 1. The number of hydrogen-bond donors (Lipinski definition) is 0. The number of nitrogens with zero attached hydrogens (tertiary/aromatic N) is 2. The zero-order valence-electron chi connectivity index (χ0n) is 12.0. The summed E-state index contributed by atoms with van der Waals surface area (Å²) in [5, 5.41) is 0. The molecule has 0 bridgehead atoms. The van der Waals surface area contributed by atoms with Crippen molar-refractivity contribution in [2.75, 3.05) is 13.1 Å². The van der Waals surface area contributed by atoms with Crippen LogP contribution in [0.3, 0.4) is 0 Å². The normalized spacial score (nSPS) is 25.2. The smallest absolute Gasteiger partial charge is 0.257 e. The Kier molecular flexibility index (Phi) is 3.27. The average molecular weight is 286 g/mol. The van der Waals surface area contributed by atoms with E-state index in [2.05, 4.69) is 0 Å². The van der Waals surface area contributed by atoms with E-state index in [1.54, 1.807) is 0 Å². The fraction of sp³-hybridized carbons (Fsp3) is 0.438. The Morgan fingerprint density at radius 1 is 1.24 bits per heavy atom. The van der Waals surface area contributed by atoms with E-state index in [0.717, 1.165) is 5.56 Å². The van der Waals surface area contributed by atoms with Crippen molar-refractivity contribution >= 4 is 17.6 Å². The summed E-state index contributed by atoms with van der Waals surface area (Å²) in [6.07, 6.45) is 1.15. The number of carbonyl (C=O) groups is 3. The van der Waals surface area contributed by atoms with Crippen molar-refractivity contribution in [2.45, 2.75) is 31.8 Å². The van der Waals surface area contributed by atoms with E-state index in [9.17, 15) is 14.4 Å². The Hall–Kier alpha value is -2.17. The molecule has 0 radical (unpaired) electrons. The van der Waals surface area contributed by atoms with Crippen molar-refractivity contribution in [3.63, 3.8) is 0 Å². The van der Waals surface area contributed by atoms with Gasteiger partial charge in [0.1, 0.15) is 6.54 Å². The van der Waals surface area contributed by atoms with Crippen LogP contribution in [0.2, 0.25) is 0 Å². The van der Waals surface area contributed by atoms with Crippen LogP contribution in [0.25, 0.3) is 0 Å². The third-order valence-corrected chi connectivity index (χ3v) is 4.45. The van der Waals surface area contributed by atoms with Crippen molar-refractivity contribution in [1.29, 1.82) is 0 Å². The fourth-order valence-corrected chi connectivity index (χ4v) is 3.41. The van der Waals surface area contributed by atoms with Crippen LogP contribution in [0.4, 0.5) is 0 Å². The first-order chi connectivity index (χ1) is 10.1. The van der Waals surface area contributed by atoms with E-state index < -0.39 is 5.54 Å². The predicted octanol–water partition coefficient (Wildman–Crippen LogP) is 0.979. The molecule has 110 valence electrons. The molecule has 0 N–H and O–H groups in total. The monoisotopic (exact) mass is 286 g/mol. The molecule has 1 atom stereocenters. The van der Waals surface area contributed by atoms with Crippen molar-refractivity contribution in [3.05, 3.63) is 35.9 Å². The quantitative estimate of drug-likeness (QED) is 0.778.